The highest BCUT2D eigenvalue weighted by Crippen LogP contribution is 2.28. The lowest BCUT2D eigenvalue weighted by Gasteiger charge is -2.34. The molecule has 0 amide bonds. The molecule has 0 atom stereocenters. The molecule has 112 valence electrons. The maximum atomic E-state index is 4.76. The second-order valence-electron chi connectivity index (χ2n) is 5.72. The molecule has 4 rings (SSSR count). The molecule has 2 aliphatic heterocycles. The molecule has 0 aliphatic carbocycles. The first-order valence-corrected chi connectivity index (χ1v) is 7.81. The van der Waals surface area contributed by atoms with Crippen LogP contribution in [-0.4, -0.2) is 64.3 Å². The zero-order valence-corrected chi connectivity index (χ0v) is 12.4. The number of rotatable bonds is 2. The number of H-pyrrole nitrogens is 1. The molecule has 1 saturated heterocycles. The Kier molecular flexibility index (Phi) is 3.14. The van der Waals surface area contributed by atoms with Crippen LogP contribution in [0.5, 0.6) is 0 Å². The molecule has 0 radical (unpaired) electrons. The van der Waals surface area contributed by atoms with Crippen molar-refractivity contribution < 1.29 is 0 Å². The molecule has 0 spiro atoms. The molecule has 21 heavy (non-hydrogen) atoms. The molecule has 2 aromatic rings. The molecular weight excluding hydrogens is 266 g/mol. The maximum absolute atomic E-state index is 4.76. The van der Waals surface area contributed by atoms with Crippen LogP contribution in [0.1, 0.15) is 19.0 Å². The first-order chi connectivity index (χ1) is 10.3. The molecule has 4 heterocycles. The highest BCUT2D eigenvalue weighted by atomic mass is 15.3. The first kappa shape index (κ1) is 12.8. The van der Waals surface area contributed by atoms with Gasteiger partial charge in [-0.25, -0.2) is 0 Å². The zero-order valence-electron chi connectivity index (χ0n) is 12.4. The van der Waals surface area contributed by atoms with Crippen molar-refractivity contribution in [3.63, 3.8) is 0 Å². The number of piperazine rings is 1. The van der Waals surface area contributed by atoms with Gasteiger partial charge >= 0.3 is 0 Å². The van der Waals surface area contributed by atoms with E-state index < -0.39 is 0 Å². The number of likely N-dealkylation sites (N-methyl/N-ethyl adjacent to an activating group) is 1. The monoisotopic (exact) mass is 287 g/mol. The number of aromatic amines is 1. The van der Waals surface area contributed by atoms with Crippen LogP contribution in [-0.2, 0) is 6.42 Å². The van der Waals surface area contributed by atoms with Crippen LogP contribution in [0.15, 0.2) is 0 Å². The Labute approximate surface area is 123 Å². The van der Waals surface area contributed by atoms with E-state index >= 15 is 0 Å². The van der Waals surface area contributed by atoms with Crippen LogP contribution < -0.4 is 10.2 Å². The van der Waals surface area contributed by atoms with Crippen LogP contribution in [0, 0.1) is 0 Å². The largest absolute Gasteiger partial charge is 0.369 e. The Hall–Kier alpha value is -1.89. The van der Waals surface area contributed by atoms with Crippen molar-refractivity contribution in [3.8, 4) is 0 Å². The lowest BCUT2D eigenvalue weighted by atomic mass is 10.2. The standard InChI is InChI=1S/C14H21N7/c1-2-20-6-8-21(9-7-20)14-16-12-11-10(4-3-5-15-12)18-19-13(11)17-14/h2-9H2,1H3,(H2,15,16,17,18,19). The van der Waals surface area contributed by atoms with E-state index in [1.54, 1.807) is 0 Å². The van der Waals surface area contributed by atoms with Gasteiger partial charge in [0.25, 0.3) is 0 Å². The summed E-state index contributed by atoms with van der Waals surface area (Å²) in [5.74, 6) is 1.76. The smallest absolute Gasteiger partial charge is 0.229 e. The van der Waals surface area contributed by atoms with Crippen molar-refractivity contribution in [2.24, 2.45) is 0 Å². The molecule has 2 N–H and O–H groups in total. The van der Waals surface area contributed by atoms with Gasteiger partial charge in [-0.1, -0.05) is 6.92 Å². The summed E-state index contributed by atoms with van der Waals surface area (Å²) in [4.78, 5) is 14.2. The summed E-state index contributed by atoms with van der Waals surface area (Å²) in [6.45, 7) is 8.40. The molecule has 0 aromatic carbocycles. The molecular formula is C14H21N7. The molecule has 2 aliphatic rings. The van der Waals surface area contributed by atoms with Crippen LogP contribution in [0.4, 0.5) is 11.8 Å². The minimum Gasteiger partial charge on any atom is -0.369 e. The van der Waals surface area contributed by atoms with E-state index in [2.05, 4.69) is 32.2 Å². The van der Waals surface area contributed by atoms with Crippen molar-refractivity contribution in [3.05, 3.63) is 5.69 Å². The van der Waals surface area contributed by atoms with E-state index in [1.165, 1.54) is 0 Å². The Balaban J connectivity index is 1.68. The van der Waals surface area contributed by atoms with Gasteiger partial charge in [-0.2, -0.15) is 15.1 Å². The van der Waals surface area contributed by atoms with Gasteiger partial charge < -0.3 is 15.1 Å². The number of nitrogens with one attached hydrogen (secondary N) is 2. The quantitative estimate of drug-likeness (QED) is 0.853. The van der Waals surface area contributed by atoms with Gasteiger partial charge in [0.15, 0.2) is 5.65 Å². The number of nitrogens with zero attached hydrogens (tertiary/aromatic N) is 5. The van der Waals surface area contributed by atoms with Gasteiger partial charge in [-0.15, -0.1) is 0 Å². The van der Waals surface area contributed by atoms with Crippen LogP contribution in [0.25, 0.3) is 11.0 Å². The van der Waals surface area contributed by atoms with Crippen molar-refractivity contribution in [1.29, 1.82) is 0 Å². The van der Waals surface area contributed by atoms with E-state index in [4.69, 9.17) is 9.97 Å². The minimum atomic E-state index is 0.817. The summed E-state index contributed by atoms with van der Waals surface area (Å²) < 4.78 is 0. The number of hydrogen-bond acceptors (Lipinski definition) is 6. The van der Waals surface area contributed by atoms with Crippen LogP contribution in [0.2, 0.25) is 0 Å². The molecule has 7 heteroatoms. The SMILES string of the molecule is CCN1CCN(c2nc3c4c(n[nH]c4n2)CCCN3)CC1. The second kappa shape index (κ2) is 5.14. The fraction of sp³-hybridized carbons (Fsp3) is 0.643. The molecule has 7 nitrogen and oxygen atoms in total. The predicted molar refractivity (Wildman–Crippen MR) is 82.8 cm³/mol. The van der Waals surface area contributed by atoms with Crippen molar-refractivity contribution in [2.75, 3.05) is 49.5 Å². The Morgan fingerprint density at radius 1 is 1.14 bits per heavy atom. The molecule has 2 aromatic heterocycles. The van der Waals surface area contributed by atoms with Gasteiger partial charge in [-0.3, -0.25) is 5.10 Å². The van der Waals surface area contributed by atoms with Crippen molar-refractivity contribution in [1.82, 2.24) is 25.1 Å². The van der Waals surface area contributed by atoms with Crippen LogP contribution in [0.3, 0.4) is 0 Å². The third kappa shape index (κ3) is 2.21. The summed E-state index contributed by atoms with van der Waals surface area (Å²) in [5, 5.41) is 12.0. The third-order valence-electron chi connectivity index (χ3n) is 4.47. The zero-order chi connectivity index (χ0) is 14.2. The third-order valence-corrected chi connectivity index (χ3v) is 4.47. The lowest BCUT2D eigenvalue weighted by Crippen LogP contribution is -2.46. The average molecular weight is 287 g/mol. The number of anilines is 2. The molecule has 1 fully saturated rings. The lowest BCUT2D eigenvalue weighted by molar-refractivity contribution is 0.270. The fourth-order valence-corrected chi connectivity index (χ4v) is 3.16. The fourth-order valence-electron chi connectivity index (χ4n) is 3.16. The molecule has 0 saturated carbocycles. The molecule has 0 unspecified atom stereocenters. The highest BCUT2D eigenvalue weighted by molar-refractivity contribution is 5.90. The van der Waals surface area contributed by atoms with Crippen LogP contribution >= 0.6 is 0 Å². The van der Waals surface area contributed by atoms with E-state index in [9.17, 15) is 0 Å². The van der Waals surface area contributed by atoms with E-state index in [1.807, 2.05) is 0 Å². The van der Waals surface area contributed by atoms with E-state index in [-0.39, 0.29) is 0 Å². The summed E-state index contributed by atoms with van der Waals surface area (Å²) in [7, 11) is 0. The average Bonchev–Trinajstić information content (AvgIpc) is 2.82. The second-order valence-corrected chi connectivity index (χ2v) is 5.72. The van der Waals surface area contributed by atoms with Gasteiger partial charge in [0.2, 0.25) is 5.95 Å². The predicted octanol–water partition coefficient (Wildman–Crippen LogP) is 0.853. The van der Waals surface area contributed by atoms with Gasteiger partial charge in [-0.05, 0) is 19.4 Å². The highest BCUT2D eigenvalue weighted by Gasteiger charge is 2.22. The molecule has 0 bridgehead atoms. The van der Waals surface area contributed by atoms with Gasteiger partial charge in [0.1, 0.15) is 5.82 Å². The van der Waals surface area contributed by atoms with Crippen molar-refractivity contribution >= 4 is 22.8 Å². The minimum absolute atomic E-state index is 0.817. The Morgan fingerprint density at radius 2 is 2.00 bits per heavy atom. The van der Waals surface area contributed by atoms with Crippen molar-refractivity contribution in [2.45, 2.75) is 19.8 Å². The Morgan fingerprint density at radius 3 is 2.81 bits per heavy atom. The normalized spacial score (nSPS) is 19.6. The summed E-state index contributed by atoms with van der Waals surface area (Å²) in [6.07, 6.45) is 2.07. The van der Waals surface area contributed by atoms with Gasteiger partial charge in [0, 0.05) is 32.7 Å². The number of hydrogen-bond donors (Lipinski definition) is 2. The van der Waals surface area contributed by atoms with Gasteiger partial charge in [0.05, 0.1) is 11.1 Å². The van der Waals surface area contributed by atoms with E-state index in [0.717, 1.165) is 80.6 Å². The summed E-state index contributed by atoms with van der Waals surface area (Å²) in [5.41, 5.74) is 1.95. The first-order valence-electron chi connectivity index (χ1n) is 7.81. The maximum Gasteiger partial charge on any atom is 0.229 e. The number of aryl methyl sites for hydroxylation is 1. The Bertz CT molecular complexity index is 642. The summed E-state index contributed by atoms with van der Waals surface area (Å²) >= 11 is 0. The summed E-state index contributed by atoms with van der Waals surface area (Å²) in [6, 6.07) is 0. The topological polar surface area (TPSA) is 73.0 Å². The number of aromatic nitrogens is 4. The van der Waals surface area contributed by atoms with E-state index in [0.29, 0.717) is 0 Å².